The van der Waals surface area contributed by atoms with Crippen LogP contribution >= 0.6 is 22.7 Å². The molecule has 0 saturated carbocycles. The lowest BCUT2D eigenvalue weighted by molar-refractivity contribution is -0.121. The monoisotopic (exact) mass is 442 g/mol. The fourth-order valence-electron chi connectivity index (χ4n) is 3.32. The molecule has 30 heavy (non-hydrogen) atoms. The average Bonchev–Trinajstić information content (AvgIpc) is 3.45. The highest BCUT2D eigenvalue weighted by Crippen LogP contribution is 2.35. The molecule has 0 spiro atoms. The SMILES string of the molecule is CC(=O)N[C@@H](CC(=O)N(Cc1cccs1)c1ccc2c(c1)OCCO2)c1cccs1. The van der Waals surface area contributed by atoms with Gasteiger partial charge in [0.05, 0.1) is 19.0 Å². The molecule has 4 rings (SSSR count). The molecular weight excluding hydrogens is 420 g/mol. The number of nitrogens with zero attached hydrogens (tertiary/aromatic N) is 1. The van der Waals surface area contributed by atoms with E-state index in [1.165, 1.54) is 18.3 Å². The minimum absolute atomic E-state index is 0.0766. The lowest BCUT2D eigenvalue weighted by Gasteiger charge is -2.27. The molecule has 6 nitrogen and oxygen atoms in total. The third kappa shape index (κ3) is 4.83. The number of thiophene rings is 2. The van der Waals surface area contributed by atoms with Gasteiger partial charge in [0, 0.05) is 28.4 Å². The number of hydrogen-bond donors (Lipinski definition) is 1. The first kappa shape index (κ1) is 20.4. The van der Waals surface area contributed by atoms with Crippen molar-refractivity contribution in [1.82, 2.24) is 5.32 Å². The van der Waals surface area contributed by atoms with E-state index in [0.717, 1.165) is 15.4 Å². The van der Waals surface area contributed by atoms with Crippen LogP contribution in [0.5, 0.6) is 11.5 Å². The zero-order valence-corrected chi connectivity index (χ0v) is 18.1. The van der Waals surface area contributed by atoms with Gasteiger partial charge in [-0.2, -0.15) is 0 Å². The Morgan fingerprint density at radius 1 is 1.07 bits per heavy atom. The van der Waals surface area contributed by atoms with E-state index in [9.17, 15) is 9.59 Å². The summed E-state index contributed by atoms with van der Waals surface area (Å²) in [6.45, 7) is 2.92. The third-order valence-electron chi connectivity index (χ3n) is 4.68. The molecule has 0 saturated heterocycles. The number of anilines is 1. The van der Waals surface area contributed by atoms with Crippen LogP contribution < -0.4 is 19.7 Å². The smallest absolute Gasteiger partial charge is 0.229 e. The van der Waals surface area contributed by atoms with Gasteiger partial charge in [0.2, 0.25) is 11.8 Å². The molecule has 0 unspecified atom stereocenters. The van der Waals surface area contributed by atoms with E-state index in [2.05, 4.69) is 5.32 Å². The Morgan fingerprint density at radius 2 is 1.83 bits per heavy atom. The van der Waals surface area contributed by atoms with Gasteiger partial charge in [0.25, 0.3) is 0 Å². The molecule has 1 N–H and O–H groups in total. The predicted molar refractivity (Wildman–Crippen MR) is 118 cm³/mol. The number of fused-ring (bicyclic) bond motifs is 1. The van der Waals surface area contributed by atoms with Gasteiger partial charge in [-0.25, -0.2) is 0 Å². The van der Waals surface area contributed by atoms with Crippen LogP contribution in [-0.2, 0) is 16.1 Å². The summed E-state index contributed by atoms with van der Waals surface area (Å²) >= 11 is 3.13. The normalized spacial score (nSPS) is 13.5. The molecule has 1 atom stereocenters. The third-order valence-corrected chi connectivity index (χ3v) is 6.52. The highest BCUT2D eigenvalue weighted by molar-refractivity contribution is 7.10. The van der Waals surface area contributed by atoms with E-state index in [1.807, 2.05) is 53.2 Å². The Bertz CT molecular complexity index is 1000. The molecule has 1 aliphatic rings. The molecule has 1 aromatic carbocycles. The summed E-state index contributed by atoms with van der Waals surface area (Å²) in [5.41, 5.74) is 0.741. The molecule has 156 valence electrons. The van der Waals surface area contributed by atoms with Crippen molar-refractivity contribution in [3.8, 4) is 11.5 Å². The molecular formula is C22H22N2O4S2. The van der Waals surface area contributed by atoms with Gasteiger partial charge >= 0.3 is 0 Å². The van der Waals surface area contributed by atoms with Gasteiger partial charge < -0.3 is 19.7 Å². The van der Waals surface area contributed by atoms with Gasteiger partial charge in [0.15, 0.2) is 11.5 Å². The zero-order chi connectivity index (χ0) is 20.9. The van der Waals surface area contributed by atoms with Crippen LogP contribution in [0.25, 0.3) is 0 Å². The van der Waals surface area contributed by atoms with Crippen LogP contribution in [0, 0.1) is 0 Å². The minimum Gasteiger partial charge on any atom is -0.486 e. The van der Waals surface area contributed by atoms with E-state index in [-0.39, 0.29) is 24.3 Å². The van der Waals surface area contributed by atoms with Crippen LogP contribution in [0.15, 0.2) is 53.2 Å². The number of carbonyl (C=O) groups excluding carboxylic acids is 2. The molecule has 8 heteroatoms. The Hall–Kier alpha value is -2.84. The second-order valence-corrected chi connectivity index (χ2v) is 8.87. The van der Waals surface area contributed by atoms with Crippen LogP contribution in [-0.4, -0.2) is 25.0 Å². The molecule has 2 amide bonds. The van der Waals surface area contributed by atoms with Crippen molar-refractivity contribution in [2.75, 3.05) is 18.1 Å². The summed E-state index contributed by atoms with van der Waals surface area (Å²) in [6.07, 6.45) is 0.167. The maximum Gasteiger partial charge on any atom is 0.229 e. The molecule has 0 radical (unpaired) electrons. The number of amides is 2. The first-order valence-electron chi connectivity index (χ1n) is 9.63. The molecule has 3 aromatic rings. The zero-order valence-electron chi connectivity index (χ0n) is 16.5. The molecule has 2 aromatic heterocycles. The van der Waals surface area contributed by atoms with Crippen molar-refractivity contribution >= 4 is 40.2 Å². The number of hydrogen-bond acceptors (Lipinski definition) is 6. The minimum atomic E-state index is -0.363. The van der Waals surface area contributed by atoms with Gasteiger partial charge in [-0.3, -0.25) is 9.59 Å². The van der Waals surface area contributed by atoms with E-state index in [0.29, 0.717) is 31.3 Å². The van der Waals surface area contributed by atoms with Gasteiger partial charge in [-0.05, 0) is 35.0 Å². The Kier molecular flexibility index (Phi) is 6.35. The van der Waals surface area contributed by atoms with E-state index in [1.54, 1.807) is 16.2 Å². The summed E-state index contributed by atoms with van der Waals surface area (Å²) in [4.78, 5) is 28.9. The molecule has 0 fully saturated rings. The first-order chi connectivity index (χ1) is 14.6. The maximum absolute atomic E-state index is 13.4. The largest absolute Gasteiger partial charge is 0.486 e. The van der Waals surface area contributed by atoms with Crippen molar-refractivity contribution in [2.45, 2.75) is 25.9 Å². The van der Waals surface area contributed by atoms with Crippen molar-refractivity contribution < 1.29 is 19.1 Å². The second-order valence-electron chi connectivity index (χ2n) is 6.86. The summed E-state index contributed by atoms with van der Waals surface area (Å²) in [5.74, 6) is 1.08. The average molecular weight is 443 g/mol. The Labute approximate surface area is 183 Å². The second kappa shape index (κ2) is 9.32. The lowest BCUT2D eigenvalue weighted by Crippen LogP contribution is -2.35. The van der Waals surface area contributed by atoms with E-state index >= 15 is 0 Å². The lowest BCUT2D eigenvalue weighted by atomic mass is 10.1. The first-order valence-corrected chi connectivity index (χ1v) is 11.4. The number of rotatable bonds is 7. The number of ether oxygens (including phenoxy) is 2. The topological polar surface area (TPSA) is 67.9 Å². The highest BCUT2D eigenvalue weighted by Gasteiger charge is 2.25. The summed E-state index contributed by atoms with van der Waals surface area (Å²) in [6, 6.07) is 13.0. The standard InChI is InChI=1S/C22H22N2O4S2/c1-15(25)23-18(21-5-3-11-30-21)13-22(26)24(14-17-4-2-10-29-17)16-6-7-19-20(12-16)28-9-8-27-19/h2-7,10-12,18H,8-9,13-14H2,1H3,(H,23,25)/t18-/m0/s1. The number of carbonyl (C=O) groups is 2. The number of nitrogens with one attached hydrogen (secondary N) is 1. The Balaban J connectivity index is 1.61. The van der Waals surface area contributed by atoms with Gasteiger partial charge in [0.1, 0.15) is 13.2 Å². The van der Waals surface area contributed by atoms with E-state index < -0.39 is 0 Å². The van der Waals surface area contributed by atoms with Gasteiger partial charge in [-0.15, -0.1) is 22.7 Å². The van der Waals surface area contributed by atoms with Crippen molar-refractivity contribution in [3.05, 3.63) is 63.0 Å². The maximum atomic E-state index is 13.4. The fraction of sp³-hybridized carbons (Fsp3) is 0.273. The van der Waals surface area contributed by atoms with E-state index in [4.69, 9.17) is 9.47 Å². The quantitative estimate of drug-likeness (QED) is 0.590. The van der Waals surface area contributed by atoms with Crippen LogP contribution in [0.2, 0.25) is 0 Å². The molecule has 0 aliphatic carbocycles. The summed E-state index contributed by atoms with van der Waals surface area (Å²) in [7, 11) is 0. The van der Waals surface area contributed by atoms with Crippen molar-refractivity contribution in [1.29, 1.82) is 0 Å². The molecule has 3 heterocycles. The fourth-order valence-corrected chi connectivity index (χ4v) is 4.79. The van der Waals surface area contributed by atoms with Crippen LogP contribution in [0.4, 0.5) is 5.69 Å². The van der Waals surface area contributed by atoms with Crippen LogP contribution in [0.1, 0.15) is 29.1 Å². The highest BCUT2D eigenvalue weighted by atomic mass is 32.1. The molecule has 1 aliphatic heterocycles. The van der Waals surface area contributed by atoms with Crippen molar-refractivity contribution in [2.24, 2.45) is 0 Å². The Morgan fingerprint density at radius 3 is 2.53 bits per heavy atom. The summed E-state index contributed by atoms with van der Waals surface area (Å²) in [5, 5.41) is 6.85. The molecule has 0 bridgehead atoms. The number of benzene rings is 1. The van der Waals surface area contributed by atoms with Crippen molar-refractivity contribution in [3.63, 3.8) is 0 Å². The van der Waals surface area contributed by atoms with Crippen LogP contribution in [0.3, 0.4) is 0 Å². The predicted octanol–water partition coefficient (Wildman–Crippen LogP) is 4.38. The van der Waals surface area contributed by atoms with Gasteiger partial charge in [-0.1, -0.05) is 12.1 Å². The summed E-state index contributed by atoms with van der Waals surface area (Å²) < 4.78 is 11.3.